The van der Waals surface area contributed by atoms with Crippen LogP contribution in [0, 0.1) is 5.92 Å². The topological polar surface area (TPSA) is 92.8 Å². The molecule has 24 heavy (non-hydrogen) atoms. The van der Waals surface area contributed by atoms with Gasteiger partial charge in [-0.1, -0.05) is 26.0 Å². The molecular formula is C17H20N2O5. The maximum Gasteiger partial charge on any atom is 0.328 e. The first kappa shape index (κ1) is 17.7. The van der Waals surface area contributed by atoms with E-state index in [0.717, 1.165) is 4.90 Å². The lowest BCUT2D eigenvalue weighted by Crippen LogP contribution is -2.47. The van der Waals surface area contributed by atoms with Gasteiger partial charge in [0.2, 0.25) is 5.91 Å². The Morgan fingerprint density at radius 3 is 2.12 bits per heavy atom. The summed E-state index contributed by atoms with van der Waals surface area (Å²) in [6.45, 7) is 3.39. The Balaban J connectivity index is 2.06. The van der Waals surface area contributed by atoms with Gasteiger partial charge in [0.1, 0.15) is 12.6 Å². The molecule has 1 aliphatic rings. The third-order valence-electron chi connectivity index (χ3n) is 3.71. The number of hydrogen-bond donors (Lipinski definition) is 1. The van der Waals surface area contributed by atoms with Crippen LogP contribution in [0.15, 0.2) is 24.3 Å². The predicted molar refractivity (Wildman–Crippen MR) is 85.2 cm³/mol. The minimum absolute atomic E-state index is 0.161. The lowest BCUT2D eigenvalue weighted by Gasteiger charge is -2.20. The van der Waals surface area contributed by atoms with E-state index in [2.05, 4.69) is 10.1 Å². The summed E-state index contributed by atoms with van der Waals surface area (Å²) in [7, 11) is 1.24. The summed E-state index contributed by atoms with van der Waals surface area (Å²) >= 11 is 0. The summed E-state index contributed by atoms with van der Waals surface area (Å²) in [6.07, 6.45) is 0.403. The highest BCUT2D eigenvalue weighted by molar-refractivity contribution is 6.22. The fourth-order valence-corrected chi connectivity index (χ4v) is 2.59. The summed E-state index contributed by atoms with van der Waals surface area (Å²) < 4.78 is 4.68. The van der Waals surface area contributed by atoms with Gasteiger partial charge in [0.15, 0.2) is 0 Å². The van der Waals surface area contributed by atoms with E-state index in [0.29, 0.717) is 6.42 Å². The van der Waals surface area contributed by atoms with Crippen LogP contribution in [-0.2, 0) is 14.3 Å². The molecule has 0 fully saturated rings. The molecule has 1 aromatic rings. The first-order valence-corrected chi connectivity index (χ1v) is 7.67. The zero-order valence-electron chi connectivity index (χ0n) is 13.9. The molecule has 0 radical (unpaired) electrons. The maximum absolute atomic E-state index is 12.2. The summed E-state index contributed by atoms with van der Waals surface area (Å²) in [5.41, 5.74) is 0.559. The first-order chi connectivity index (χ1) is 11.3. The number of fused-ring (bicyclic) bond motifs is 1. The van der Waals surface area contributed by atoms with Gasteiger partial charge >= 0.3 is 5.97 Å². The molecule has 1 N–H and O–H groups in total. The van der Waals surface area contributed by atoms with Crippen molar-refractivity contribution in [3.05, 3.63) is 35.4 Å². The molecular weight excluding hydrogens is 312 g/mol. The number of nitrogens with one attached hydrogen (secondary N) is 1. The zero-order chi connectivity index (χ0) is 17.9. The molecule has 7 nitrogen and oxygen atoms in total. The van der Waals surface area contributed by atoms with Gasteiger partial charge < -0.3 is 10.1 Å². The van der Waals surface area contributed by atoms with Crippen LogP contribution >= 0.6 is 0 Å². The monoisotopic (exact) mass is 332 g/mol. The van der Waals surface area contributed by atoms with E-state index in [9.17, 15) is 19.2 Å². The Morgan fingerprint density at radius 1 is 1.12 bits per heavy atom. The number of nitrogens with zero attached hydrogens (tertiary/aromatic N) is 1. The van der Waals surface area contributed by atoms with Crippen molar-refractivity contribution in [2.24, 2.45) is 5.92 Å². The van der Waals surface area contributed by atoms with Crippen LogP contribution in [0.25, 0.3) is 0 Å². The molecule has 1 aliphatic heterocycles. The molecule has 0 saturated carbocycles. The predicted octanol–water partition coefficient (Wildman–Crippen LogP) is 0.986. The number of ether oxygens (including phenoxy) is 1. The standard InChI is InChI=1S/C17H20N2O5/c1-10(2)8-13(17(23)24-3)18-14(20)9-19-15(21)11-6-4-5-7-12(11)16(19)22/h4-7,10,13H,8-9H2,1-3H3,(H,18,20)/t13-/m1/s1. The second-order valence-electron chi connectivity index (χ2n) is 6.01. The van der Waals surface area contributed by atoms with Crippen LogP contribution in [0.4, 0.5) is 0 Å². The van der Waals surface area contributed by atoms with Crippen molar-refractivity contribution in [1.29, 1.82) is 0 Å². The highest BCUT2D eigenvalue weighted by Crippen LogP contribution is 2.22. The smallest absolute Gasteiger partial charge is 0.328 e. The molecule has 0 spiro atoms. The van der Waals surface area contributed by atoms with Gasteiger partial charge in [-0.25, -0.2) is 4.79 Å². The minimum Gasteiger partial charge on any atom is -0.467 e. The van der Waals surface area contributed by atoms with E-state index in [4.69, 9.17) is 0 Å². The Hall–Kier alpha value is -2.70. The molecule has 1 atom stereocenters. The first-order valence-electron chi connectivity index (χ1n) is 7.67. The number of esters is 1. The summed E-state index contributed by atoms with van der Waals surface area (Å²) in [6, 6.07) is 5.60. The largest absolute Gasteiger partial charge is 0.467 e. The second kappa shape index (κ2) is 7.25. The summed E-state index contributed by atoms with van der Waals surface area (Å²) in [5.74, 6) is -2.00. The van der Waals surface area contributed by atoms with E-state index >= 15 is 0 Å². The van der Waals surface area contributed by atoms with Gasteiger partial charge in [-0.05, 0) is 24.5 Å². The molecule has 7 heteroatoms. The number of carbonyl (C=O) groups excluding carboxylic acids is 4. The molecule has 3 amide bonds. The molecule has 1 aromatic carbocycles. The highest BCUT2D eigenvalue weighted by Gasteiger charge is 2.36. The van der Waals surface area contributed by atoms with Crippen LogP contribution in [0.1, 0.15) is 41.0 Å². The SMILES string of the molecule is COC(=O)[C@@H](CC(C)C)NC(=O)CN1C(=O)c2ccccc2C1=O. The summed E-state index contributed by atoms with van der Waals surface area (Å²) in [4.78, 5) is 49.3. The van der Waals surface area contributed by atoms with Crippen molar-refractivity contribution in [3.63, 3.8) is 0 Å². The van der Waals surface area contributed by atoms with Crippen LogP contribution < -0.4 is 5.32 Å². The molecule has 0 aliphatic carbocycles. The van der Waals surface area contributed by atoms with Gasteiger partial charge in [-0.2, -0.15) is 0 Å². The van der Waals surface area contributed by atoms with Gasteiger partial charge in [0, 0.05) is 0 Å². The van der Waals surface area contributed by atoms with Gasteiger partial charge in [-0.3, -0.25) is 19.3 Å². The zero-order valence-corrected chi connectivity index (χ0v) is 13.9. The maximum atomic E-state index is 12.2. The van der Waals surface area contributed by atoms with Crippen molar-refractivity contribution in [1.82, 2.24) is 10.2 Å². The molecule has 0 saturated heterocycles. The average Bonchev–Trinajstić information content (AvgIpc) is 2.78. The Bertz CT molecular complexity index is 648. The van der Waals surface area contributed by atoms with Gasteiger partial charge in [-0.15, -0.1) is 0 Å². The lowest BCUT2D eigenvalue weighted by molar-refractivity contribution is -0.145. The van der Waals surface area contributed by atoms with Crippen LogP contribution in [0.5, 0.6) is 0 Å². The quantitative estimate of drug-likeness (QED) is 0.619. The van der Waals surface area contributed by atoms with Crippen LogP contribution in [-0.4, -0.2) is 48.3 Å². The number of imide groups is 1. The number of methoxy groups -OCH3 is 1. The molecule has 128 valence electrons. The Morgan fingerprint density at radius 2 is 1.67 bits per heavy atom. The fraction of sp³-hybridized carbons (Fsp3) is 0.412. The van der Waals surface area contributed by atoms with E-state index < -0.39 is 36.3 Å². The van der Waals surface area contributed by atoms with Crippen LogP contribution in [0.2, 0.25) is 0 Å². The highest BCUT2D eigenvalue weighted by atomic mass is 16.5. The van der Waals surface area contributed by atoms with Crippen molar-refractivity contribution in [2.75, 3.05) is 13.7 Å². The lowest BCUT2D eigenvalue weighted by atomic mass is 10.0. The van der Waals surface area contributed by atoms with E-state index in [1.807, 2.05) is 13.8 Å². The van der Waals surface area contributed by atoms with Crippen molar-refractivity contribution < 1.29 is 23.9 Å². The third kappa shape index (κ3) is 3.61. The minimum atomic E-state index is -0.808. The van der Waals surface area contributed by atoms with E-state index in [1.54, 1.807) is 24.3 Å². The fourth-order valence-electron chi connectivity index (χ4n) is 2.59. The van der Waals surface area contributed by atoms with E-state index in [1.165, 1.54) is 7.11 Å². The third-order valence-corrected chi connectivity index (χ3v) is 3.71. The number of carbonyl (C=O) groups is 4. The second-order valence-corrected chi connectivity index (χ2v) is 6.01. The Labute approximate surface area is 140 Å². The Kier molecular flexibility index (Phi) is 5.33. The summed E-state index contributed by atoms with van der Waals surface area (Å²) in [5, 5.41) is 2.53. The molecule has 0 aromatic heterocycles. The van der Waals surface area contributed by atoms with E-state index in [-0.39, 0.29) is 17.0 Å². The number of hydrogen-bond acceptors (Lipinski definition) is 5. The van der Waals surface area contributed by atoms with Crippen LogP contribution in [0.3, 0.4) is 0 Å². The van der Waals surface area contributed by atoms with Crippen molar-refractivity contribution in [3.8, 4) is 0 Å². The van der Waals surface area contributed by atoms with Gasteiger partial charge in [0.05, 0.1) is 18.2 Å². The molecule has 2 rings (SSSR count). The molecule has 0 bridgehead atoms. The van der Waals surface area contributed by atoms with Crippen molar-refractivity contribution >= 4 is 23.7 Å². The molecule has 1 heterocycles. The average molecular weight is 332 g/mol. The number of rotatable bonds is 6. The number of benzene rings is 1. The number of amides is 3. The molecule has 0 unspecified atom stereocenters. The van der Waals surface area contributed by atoms with Gasteiger partial charge in [0.25, 0.3) is 11.8 Å². The normalized spacial score (nSPS) is 14.6. The van der Waals surface area contributed by atoms with Crippen molar-refractivity contribution in [2.45, 2.75) is 26.3 Å².